The molecule has 1 rings (SSSR count). The van der Waals surface area contributed by atoms with Crippen molar-refractivity contribution in [2.24, 2.45) is 0 Å². The number of hydrogen-bond donors (Lipinski definition) is 0. The fourth-order valence-corrected chi connectivity index (χ4v) is 1.34. The van der Waals surface area contributed by atoms with Gasteiger partial charge < -0.3 is 0 Å². The molecule has 0 unspecified atom stereocenters. The van der Waals surface area contributed by atoms with E-state index < -0.39 is 0 Å². The molecule has 1 aromatic rings. The first-order valence-electron chi connectivity index (χ1n) is 3.41. The van der Waals surface area contributed by atoms with Gasteiger partial charge in [0.05, 0.1) is 12.3 Å². The molecule has 3 heteroatoms. The minimum Gasteiger partial charge on any atom is -0.237 e. The standard InChI is InChI=1S/C7H10NOS/c9-5-2-1-3-7-4-6-10-8-7/h4,6H,1-3,5H2. The van der Waals surface area contributed by atoms with Crippen molar-refractivity contribution in [3.8, 4) is 0 Å². The van der Waals surface area contributed by atoms with Crippen LogP contribution in [0.2, 0.25) is 0 Å². The van der Waals surface area contributed by atoms with Crippen LogP contribution in [0, 0.1) is 0 Å². The Balaban J connectivity index is 2.15. The van der Waals surface area contributed by atoms with Crippen molar-refractivity contribution < 1.29 is 5.11 Å². The molecule has 55 valence electrons. The van der Waals surface area contributed by atoms with E-state index in [0.29, 0.717) is 0 Å². The van der Waals surface area contributed by atoms with Crippen LogP contribution in [0.4, 0.5) is 0 Å². The number of rotatable bonds is 4. The fourth-order valence-electron chi connectivity index (χ4n) is 0.775. The Kier molecular flexibility index (Phi) is 3.40. The molecule has 0 spiro atoms. The first-order chi connectivity index (χ1) is 4.93. The molecule has 0 amide bonds. The average molecular weight is 156 g/mol. The van der Waals surface area contributed by atoms with Gasteiger partial charge in [0.2, 0.25) is 0 Å². The first kappa shape index (κ1) is 7.69. The third kappa shape index (κ3) is 2.45. The van der Waals surface area contributed by atoms with Crippen molar-refractivity contribution in [1.82, 2.24) is 4.37 Å². The normalized spacial score (nSPS) is 10.1. The second-order valence-corrected chi connectivity index (χ2v) is 2.82. The summed E-state index contributed by atoms with van der Waals surface area (Å²) in [7, 11) is 0. The average Bonchev–Trinajstić information content (AvgIpc) is 2.41. The highest BCUT2D eigenvalue weighted by Gasteiger charge is 1.93. The zero-order chi connectivity index (χ0) is 7.23. The lowest BCUT2D eigenvalue weighted by atomic mass is 10.2. The summed E-state index contributed by atoms with van der Waals surface area (Å²) in [4.78, 5) is 0. The Hall–Kier alpha value is -0.410. The van der Waals surface area contributed by atoms with Gasteiger partial charge in [0.25, 0.3) is 0 Å². The van der Waals surface area contributed by atoms with Gasteiger partial charge in [-0.3, -0.25) is 0 Å². The van der Waals surface area contributed by atoms with Gasteiger partial charge in [-0.15, -0.1) is 0 Å². The van der Waals surface area contributed by atoms with Crippen LogP contribution in [0.1, 0.15) is 18.5 Å². The maximum atomic E-state index is 10.0. The maximum Gasteiger partial charge on any atom is 0.0822 e. The van der Waals surface area contributed by atoms with E-state index in [4.69, 9.17) is 0 Å². The van der Waals surface area contributed by atoms with Gasteiger partial charge in [0, 0.05) is 5.38 Å². The third-order valence-corrected chi connectivity index (χ3v) is 1.92. The number of aromatic nitrogens is 1. The second kappa shape index (κ2) is 4.41. The third-order valence-electron chi connectivity index (χ3n) is 1.32. The molecule has 0 fully saturated rings. The lowest BCUT2D eigenvalue weighted by Gasteiger charge is -1.91. The van der Waals surface area contributed by atoms with Gasteiger partial charge in [-0.05, 0) is 36.9 Å². The van der Waals surface area contributed by atoms with Gasteiger partial charge in [-0.25, -0.2) is 5.11 Å². The van der Waals surface area contributed by atoms with Crippen molar-refractivity contribution in [2.75, 3.05) is 6.61 Å². The number of hydrogen-bond acceptors (Lipinski definition) is 2. The van der Waals surface area contributed by atoms with Crippen LogP contribution < -0.4 is 0 Å². The Morgan fingerprint density at radius 3 is 3.00 bits per heavy atom. The molecule has 0 aliphatic heterocycles. The number of nitrogens with zero attached hydrogens (tertiary/aromatic N) is 1. The van der Waals surface area contributed by atoms with Crippen LogP contribution in [-0.2, 0) is 11.5 Å². The molecule has 0 N–H and O–H groups in total. The van der Waals surface area contributed by atoms with Gasteiger partial charge >= 0.3 is 0 Å². The Morgan fingerprint density at radius 1 is 1.50 bits per heavy atom. The molecular formula is C7H10NOS. The SMILES string of the molecule is [O]CCCCc1ccsn1. The fraction of sp³-hybridized carbons (Fsp3) is 0.571. The summed E-state index contributed by atoms with van der Waals surface area (Å²) in [6, 6.07) is 2.01. The molecule has 0 aromatic carbocycles. The van der Waals surface area contributed by atoms with Crippen LogP contribution in [0.25, 0.3) is 0 Å². The van der Waals surface area contributed by atoms with Gasteiger partial charge in [-0.1, -0.05) is 0 Å². The van der Waals surface area contributed by atoms with Crippen LogP contribution in [0.15, 0.2) is 11.4 Å². The van der Waals surface area contributed by atoms with Gasteiger partial charge in [0.1, 0.15) is 0 Å². The molecule has 0 bridgehead atoms. The van der Waals surface area contributed by atoms with Crippen molar-refractivity contribution >= 4 is 11.5 Å². The molecule has 0 aliphatic rings. The first-order valence-corrected chi connectivity index (χ1v) is 4.24. The zero-order valence-corrected chi connectivity index (χ0v) is 6.56. The summed E-state index contributed by atoms with van der Waals surface area (Å²) < 4.78 is 4.13. The molecule has 1 radical (unpaired) electrons. The molecule has 0 saturated carbocycles. The van der Waals surface area contributed by atoms with E-state index in [1.165, 1.54) is 11.5 Å². The maximum absolute atomic E-state index is 10.0. The van der Waals surface area contributed by atoms with Gasteiger partial charge in [-0.2, -0.15) is 4.37 Å². The van der Waals surface area contributed by atoms with Crippen molar-refractivity contribution in [2.45, 2.75) is 19.3 Å². The molecule has 0 saturated heterocycles. The van der Waals surface area contributed by atoms with Crippen molar-refractivity contribution in [1.29, 1.82) is 0 Å². The largest absolute Gasteiger partial charge is 0.237 e. The van der Waals surface area contributed by atoms with E-state index in [9.17, 15) is 5.11 Å². The highest BCUT2D eigenvalue weighted by molar-refractivity contribution is 7.03. The van der Waals surface area contributed by atoms with Crippen LogP contribution in [-0.4, -0.2) is 11.0 Å². The zero-order valence-electron chi connectivity index (χ0n) is 5.75. The molecule has 1 heterocycles. The molecule has 0 aliphatic carbocycles. The second-order valence-electron chi connectivity index (χ2n) is 2.15. The Morgan fingerprint density at radius 2 is 2.40 bits per heavy atom. The Labute approximate surface area is 64.7 Å². The lowest BCUT2D eigenvalue weighted by Crippen LogP contribution is -1.86. The Bertz CT molecular complexity index is 162. The summed E-state index contributed by atoms with van der Waals surface area (Å²) in [6.45, 7) is 0.0458. The number of aryl methyl sites for hydroxylation is 1. The van der Waals surface area contributed by atoms with Crippen LogP contribution >= 0.6 is 11.5 Å². The highest BCUT2D eigenvalue weighted by atomic mass is 32.1. The summed E-state index contributed by atoms with van der Waals surface area (Å²) in [5.41, 5.74) is 1.12. The summed E-state index contributed by atoms with van der Waals surface area (Å²) in [5, 5.41) is 12.0. The predicted octanol–water partition coefficient (Wildman–Crippen LogP) is 1.90. The van der Waals surface area contributed by atoms with E-state index in [1.54, 1.807) is 0 Å². The van der Waals surface area contributed by atoms with E-state index in [-0.39, 0.29) is 6.61 Å². The molecule has 10 heavy (non-hydrogen) atoms. The van der Waals surface area contributed by atoms with Crippen LogP contribution in [0.5, 0.6) is 0 Å². The lowest BCUT2D eigenvalue weighted by molar-refractivity contribution is 0.187. The summed E-state index contributed by atoms with van der Waals surface area (Å²) in [5.74, 6) is 0. The van der Waals surface area contributed by atoms with Gasteiger partial charge in [0.15, 0.2) is 0 Å². The van der Waals surface area contributed by atoms with E-state index in [1.807, 2.05) is 11.4 Å². The van der Waals surface area contributed by atoms with Crippen molar-refractivity contribution in [3.63, 3.8) is 0 Å². The smallest absolute Gasteiger partial charge is 0.0822 e. The van der Waals surface area contributed by atoms with Crippen LogP contribution in [0.3, 0.4) is 0 Å². The number of unbranched alkanes of at least 4 members (excludes halogenated alkanes) is 1. The predicted molar refractivity (Wildman–Crippen MR) is 40.6 cm³/mol. The quantitative estimate of drug-likeness (QED) is 0.613. The minimum absolute atomic E-state index is 0.0458. The summed E-state index contributed by atoms with van der Waals surface area (Å²) in [6.07, 6.45) is 2.72. The molecule has 1 aromatic heterocycles. The minimum atomic E-state index is 0.0458. The highest BCUT2D eigenvalue weighted by Crippen LogP contribution is 2.03. The molecule has 2 nitrogen and oxygen atoms in total. The molecule has 0 atom stereocenters. The summed E-state index contributed by atoms with van der Waals surface area (Å²) >= 11 is 1.47. The van der Waals surface area contributed by atoms with E-state index >= 15 is 0 Å². The molecular weight excluding hydrogens is 146 g/mol. The monoisotopic (exact) mass is 156 g/mol. The van der Waals surface area contributed by atoms with Crippen molar-refractivity contribution in [3.05, 3.63) is 17.1 Å². The van der Waals surface area contributed by atoms with E-state index in [0.717, 1.165) is 25.0 Å². The topological polar surface area (TPSA) is 32.8 Å². The van der Waals surface area contributed by atoms with E-state index in [2.05, 4.69) is 4.37 Å².